The van der Waals surface area contributed by atoms with Crippen LogP contribution in [-0.2, 0) is 22.2 Å². The highest BCUT2D eigenvalue weighted by Crippen LogP contribution is 2.35. The number of carbonyl (C=O) groups is 2. The lowest BCUT2D eigenvalue weighted by Gasteiger charge is -2.36. The minimum Gasteiger partial charge on any atom is -0.468 e. The average molecular weight is 540 g/mol. The summed E-state index contributed by atoms with van der Waals surface area (Å²) in [6, 6.07) is 6.51. The van der Waals surface area contributed by atoms with Gasteiger partial charge in [0, 0.05) is 37.3 Å². The Bertz CT molecular complexity index is 1090. The smallest absolute Gasteiger partial charge is 0.416 e. The number of anilines is 1. The van der Waals surface area contributed by atoms with Gasteiger partial charge in [0.15, 0.2) is 11.4 Å². The summed E-state index contributed by atoms with van der Waals surface area (Å²) in [6.07, 6.45) is -1.72. The molecular weight excluding hydrogens is 503 g/mol. The normalized spacial score (nSPS) is 12.0. The van der Waals surface area contributed by atoms with E-state index in [0.717, 1.165) is 12.1 Å². The second-order valence-corrected chi connectivity index (χ2v) is 9.86. The summed E-state index contributed by atoms with van der Waals surface area (Å²) < 4.78 is 57.5. The number of hydrogen-bond acceptors (Lipinski definition) is 7. The van der Waals surface area contributed by atoms with Gasteiger partial charge in [-0.25, -0.2) is 14.6 Å². The van der Waals surface area contributed by atoms with Crippen LogP contribution in [0, 0.1) is 0 Å². The van der Waals surface area contributed by atoms with E-state index in [9.17, 15) is 22.8 Å². The van der Waals surface area contributed by atoms with Gasteiger partial charge in [-0.3, -0.25) is 0 Å². The Balaban J connectivity index is 2.43. The van der Waals surface area contributed by atoms with Gasteiger partial charge in [0.05, 0.1) is 12.7 Å². The third-order valence-corrected chi connectivity index (χ3v) is 5.27. The molecule has 0 aliphatic carbocycles. The van der Waals surface area contributed by atoms with Gasteiger partial charge in [-0.2, -0.15) is 13.2 Å². The molecule has 0 aliphatic heterocycles. The van der Waals surface area contributed by atoms with E-state index in [4.69, 9.17) is 14.2 Å². The monoisotopic (exact) mass is 539 g/mol. The predicted molar refractivity (Wildman–Crippen MR) is 137 cm³/mol. The minimum absolute atomic E-state index is 0.0430. The highest BCUT2D eigenvalue weighted by atomic mass is 19.4. The molecule has 2 aromatic rings. The Labute approximate surface area is 221 Å². The quantitative estimate of drug-likeness (QED) is 0.242. The molecule has 2 N–H and O–H groups in total. The van der Waals surface area contributed by atoms with Gasteiger partial charge >= 0.3 is 18.2 Å². The predicted octanol–water partition coefficient (Wildman–Crippen LogP) is 6.70. The number of esters is 1. The molecule has 0 unspecified atom stereocenters. The number of rotatable bonds is 11. The van der Waals surface area contributed by atoms with E-state index in [2.05, 4.69) is 15.6 Å². The van der Waals surface area contributed by atoms with Crippen molar-refractivity contribution < 1.29 is 37.0 Å². The number of alkyl carbamates (subject to hydrolysis) is 1. The number of hydrogen-bond donors (Lipinski definition) is 2. The van der Waals surface area contributed by atoms with Crippen molar-refractivity contribution in [1.82, 2.24) is 10.3 Å². The van der Waals surface area contributed by atoms with Gasteiger partial charge in [-0.1, -0.05) is 26.7 Å². The van der Waals surface area contributed by atoms with E-state index in [-0.39, 0.29) is 23.5 Å². The lowest BCUT2D eigenvalue weighted by molar-refractivity contribution is -0.137. The van der Waals surface area contributed by atoms with Gasteiger partial charge < -0.3 is 24.8 Å². The Hall–Kier alpha value is -3.50. The van der Waals surface area contributed by atoms with Crippen LogP contribution in [0.3, 0.4) is 0 Å². The SMILES string of the molecule is CCCC(CCC)(Nc1cc(CNC(=O)OC(C)(C)C)cc(C(F)(F)F)c1)Oc1ccnc(C(=O)OC)c1. The first-order valence-electron chi connectivity index (χ1n) is 12.4. The number of amides is 1. The lowest BCUT2D eigenvalue weighted by atomic mass is 10.00. The molecule has 0 aliphatic rings. The van der Waals surface area contributed by atoms with Crippen LogP contribution in [0.15, 0.2) is 36.5 Å². The van der Waals surface area contributed by atoms with E-state index < -0.39 is 35.1 Å². The number of benzene rings is 1. The maximum atomic E-state index is 13.8. The molecule has 1 aromatic heterocycles. The van der Waals surface area contributed by atoms with Crippen LogP contribution >= 0.6 is 0 Å². The number of aromatic nitrogens is 1. The van der Waals surface area contributed by atoms with Crippen LogP contribution in [0.5, 0.6) is 5.75 Å². The first-order chi connectivity index (χ1) is 17.7. The third kappa shape index (κ3) is 9.42. The molecule has 1 heterocycles. The van der Waals surface area contributed by atoms with Crippen molar-refractivity contribution in [3.63, 3.8) is 0 Å². The molecule has 0 radical (unpaired) electrons. The van der Waals surface area contributed by atoms with E-state index in [0.29, 0.717) is 31.4 Å². The first-order valence-corrected chi connectivity index (χ1v) is 12.4. The number of methoxy groups -OCH3 is 1. The molecule has 0 saturated heterocycles. The number of ether oxygens (including phenoxy) is 3. The van der Waals surface area contributed by atoms with Crippen LogP contribution < -0.4 is 15.4 Å². The highest BCUT2D eigenvalue weighted by Gasteiger charge is 2.34. The van der Waals surface area contributed by atoms with Gasteiger partial charge in [0.1, 0.15) is 11.4 Å². The molecule has 11 heteroatoms. The molecule has 0 fully saturated rings. The van der Waals surface area contributed by atoms with Crippen LogP contribution in [-0.4, -0.2) is 35.5 Å². The van der Waals surface area contributed by atoms with Crippen molar-refractivity contribution in [3.05, 3.63) is 53.3 Å². The van der Waals surface area contributed by atoms with E-state index in [1.54, 1.807) is 26.8 Å². The van der Waals surface area contributed by atoms with Crippen molar-refractivity contribution in [1.29, 1.82) is 0 Å². The van der Waals surface area contributed by atoms with Crippen molar-refractivity contribution in [3.8, 4) is 5.75 Å². The summed E-state index contributed by atoms with van der Waals surface area (Å²) in [6.45, 7) is 8.77. The summed E-state index contributed by atoms with van der Waals surface area (Å²) in [5, 5.41) is 5.68. The van der Waals surface area contributed by atoms with E-state index >= 15 is 0 Å². The lowest BCUT2D eigenvalue weighted by Crippen LogP contribution is -2.44. The fourth-order valence-corrected chi connectivity index (χ4v) is 3.88. The standard InChI is InChI=1S/C27H36F3N3O5/c1-7-10-26(11-8-2,37-21-9-12-31-22(16-21)23(34)36-6)33-20-14-18(13-19(15-20)27(28,29)30)17-32-24(35)38-25(3,4)5/h9,12-16,33H,7-8,10-11,17H2,1-6H3,(H,32,35). The Morgan fingerprint density at radius 2 is 1.66 bits per heavy atom. The molecule has 8 nitrogen and oxygen atoms in total. The van der Waals surface area contributed by atoms with E-state index in [1.165, 1.54) is 25.4 Å². The Morgan fingerprint density at radius 3 is 2.21 bits per heavy atom. The topological polar surface area (TPSA) is 98.8 Å². The van der Waals surface area contributed by atoms with Gasteiger partial charge in [-0.05, 0) is 50.6 Å². The molecule has 210 valence electrons. The second kappa shape index (κ2) is 12.8. The van der Waals surface area contributed by atoms with Crippen molar-refractivity contribution in [2.75, 3.05) is 12.4 Å². The van der Waals surface area contributed by atoms with Gasteiger partial charge in [0.25, 0.3) is 0 Å². The summed E-state index contributed by atoms with van der Waals surface area (Å²) >= 11 is 0. The molecule has 0 atom stereocenters. The highest BCUT2D eigenvalue weighted by molar-refractivity contribution is 5.87. The van der Waals surface area contributed by atoms with Crippen LogP contribution in [0.1, 0.15) is 81.9 Å². The van der Waals surface area contributed by atoms with Gasteiger partial charge in [-0.15, -0.1) is 0 Å². The Morgan fingerprint density at radius 1 is 1.00 bits per heavy atom. The van der Waals surface area contributed by atoms with E-state index in [1.807, 2.05) is 13.8 Å². The summed E-state index contributed by atoms with van der Waals surface area (Å²) in [5.41, 5.74) is -2.26. The van der Waals surface area contributed by atoms with Crippen LogP contribution in [0.4, 0.5) is 23.7 Å². The van der Waals surface area contributed by atoms with Crippen LogP contribution in [0.25, 0.3) is 0 Å². The number of nitrogens with zero attached hydrogens (tertiary/aromatic N) is 1. The summed E-state index contributed by atoms with van der Waals surface area (Å²) in [7, 11) is 1.24. The number of nitrogens with one attached hydrogen (secondary N) is 2. The second-order valence-electron chi connectivity index (χ2n) is 9.86. The van der Waals surface area contributed by atoms with Crippen molar-refractivity contribution in [2.24, 2.45) is 0 Å². The fraction of sp³-hybridized carbons (Fsp3) is 0.519. The zero-order valence-corrected chi connectivity index (χ0v) is 22.6. The molecule has 2 rings (SSSR count). The molecule has 1 aromatic carbocycles. The Kier molecular flexibility index (Phi) is 10.4. The number of pyridine rings is 1. The molecule has 0 saturated carbocycles. The largest absolute Gasteiger partial charge is 0.468 e. The first kappa shape index (κ1) is 30.7. The molecule has 38 heavy (non-hydrogen) atoms. The average Bonchev–Trinajstić information content (AvgIpc) is 2.81. The van der Waals surface area contributed by atoms with Crippen molar-refractivity contribution >= 4 is 17.7 Å². The maximum absolute atomic E-state index is 13.8. The zero-order valence-electron chi connectivity index (χ0n) is 22.6. The zero-order chi connectivity index (χ0) is 28.6. The fourth-order valence-electron chi connectivity index (χ4n) is 3.88. The number of alkyl halides is 3. The molecular formula is C27H36F3N3O5. The number of halogens is 3. The number of carbonyl (C=O) groups excluding carboxylic acids is 2. The minimum atomic E-state index is -4.61. The third-order valence-electron chi connectivity index (χ3n) is 5.27. The van der Waals surface area contributed by atoms with Crippen LogP contribution in [0.2, 0.25) is 0 Å². The molecule has 0 spiro atoms. The molecule has 0 bridgehead atoms. The summed E-state index contributed by atoms with van der Waals surface area (Å²) in [4.78, 5) is 28.0. The summed E-state index contributed by atoms with van der Waals surface area (Å²) in [5.74, 6) is -0.325. The maximum Gasteiger partial charge on any atom is 0.416 e. The van der Waals surface area contributed by atoms with Crippen molar-refractivity contribution in [2.45, 2.75) is 84.3 Å². The molecule has 1 amide bonds. The van der Waals surface area contributed by atoms with Gasteiger partial charge in [0.2, 0.25) is 0 Å².